The van der Waals surface area contributed by atoms with Crippen molar-refractivity contribution in [2.45, 2.75) is 110 Å². The highest BCUT2D eigenvalue weighted by Crippen LogP contribution is 2.10. The molecular formula is C23H45NO4S. The Labute approximate surface area is 180 Å². The summed E-state index contributed by atoms with van der Waals surface area (Å²) in [6.07, 6.45) is 22.4. The minimum atomic E-state index is -3.89. The Morgan fingerprint density at radius 3 is 1.86 bits per heavy atom. The molecule has 0 aromatic carbocycles. The van der Waals surface area contributed by atoms with Crippen molar-refractivity contribution in [3.63, 3.8) is 0 Å². The predicted molar refractivity (Wildman–Crippen MR) is 123 cm³/mol. The fourth-order valence-electron chi connectivity index (χ4n) is 3.30. The first-order valence-electron chi connectivity index (χ1n) is 11.7. The van der Waals surface area contributed by atoms with Crippen molar-refractivity contribution in [1.29, 1.82) is 0 Å². The van der Waals surface area contributed by atoms with E-state index < -0.39 is 10.1 Å². The molecule has 0 aliphatic carbocycles. The number of unbranched alkanes of at least 4 members (excludes halogenated alkanes) is 12. The number of nitrogens with zero attached hydrogens (tertiary/aromatic N) is 1. The van der Waals surface area contributed by atoms with Crippen LogP contribution in [0.4, 0.5) is 0 Å². The van der Waals surface area contributed by atoms with Crippen LogP contribution in [0.25, 0.3) is 0 Å². The zero-order chi connectivity index (χ0) is 21.8. The molecule has 0 radical (unpaired) electrons. The Balaban J connectivity index is 3.42. The van der Waals surface area contributed by atoms with Gasteiger partial charge in [-0.1, -0.05) is 70.4 Å². The van der Waals surface area contributed by atoms with Crippen LogP contribution in [0, 0.1) is 0 Å². The largest absolute Gasteiger partial charge is 0.346 e. The molecule has 0 unspecified atom stereocenters. The second-order valence-electron chi connectivity index (χ2n) is 8.14. The SMILES string of the molecule is CCCCCCCC/C=C\CCCCCCCC(=O)N(C)CCCCS(=O)(=O)O. The summed E-state index contributed by atoms with van der Waals surface area (Å²) >= 11 is 0. The van der Waals surface area contributed by atoms with Gasteiger partial charge < -0.3 is 4.90 Å². The van der Waals surface area contributed by atoms with Gasteiger partial charge in [-0.05, 0) is 44.9 Å². The zero-order valence-electron chi connectivity index (χ0n) is 18.9. The summed E-state index contributed by atoms with van der Waals surface area (Å²) in [6, 6.07) is 0. The molecule has 172 valence electrons. The van der Waals surface area contributed by atoms with Crippen molar-refractivity contribution in [3.8, 4) is 0 Å². The van der Waals surface area contributed by atoms with Gasteiger partial charge in [-0.3, -0.25) is 9.35 Å². The molecule has 29 heavy (non-hydrogen) atoms. The monoisotopic (exact) mass is 431 g/mol. The van der Waals surface area contributed by atoms with Crippen LogP contribution in [0.2, 0.25) is 0 Å². The Morgan fingerprint density at radius 1 is 0.793 bits per heavy atom. The smallest absolute Gasteiger partial charge is 0.264 e. The van der Waals surface area contributed by atoms with E-state index in [9.17, 15) is 13.2 Å². The standard InChI is InChI=1S/C23H45NO4S/c1-3-4-5-6-7-8-9-10-11-12-13-14-15-16-17-20-23(25)24(2)21-18-19-22-29(26,27)28/h10-11H,3-9,12-22H2,1-2H3,(H,26,27,28)/b11-10-. The van der Waals surface area contributed by atoms with Crippen LogP contribution < -0.4 is 0 Å². The summed E-state index contributed by atoms with van der Waals surface area (Å²) in [5.41, 5.74) is 0. The third-order valence-electron chi connectivity index (χ3n) is 5.22. The third-order valence-corrected chi connectivity index (χ3v) is 6.03. The van der Waals surface area contributed by atoms with Crippen LogP contribution >= 0.6 is 0 Å². The average molecular weight is 432 g/mol. The number of hydrogen-bond acceptors (Lipinski definition) is 3. The van der Waals surface area contributed by atoms with Crippen LogP contribution in [-0.2, 0) is 14.9 Å². The number of carbonyl (C=O) groups excluding carboxylic acids is 1. The van der Waals surface area contributed by atoms with Crippen molar-refractivity contribution in [3.05, 3.63) is 12.2 Å². The second kappa shape index (κ2) is 19.1. The molecule has 0 heterocycles. The van der Waals surface area contributed by atoms with E-state index in [0.717, 1.165) is 12.8 Å². The van der Waals surface area contributed by atoms with Gasteiger partial charge in [0.25, 0.3) is 10.1 Å². The molecule has 0 rings (SSSR count). The molecule has 5 nitrogen and oxygen atoms in total. The first kappa shape index (κ1) is 28.1. The molecule has 0 aliphatic rings. The van der Waals surface area contributed by atoms with Gasteiger partial charge in [0.15, 0.2) is 0 Å². The molecule has 1 amide bonds. The molecule has 0 spiro atoms. The van der Waals surface area contributed by atoms with E-state index in [0.29, 0.717) is 25.8 Å². The third kappa shape index (κ3) is 21.6. The zero-order valence-corrected chi connectivity index (χ0v) is 19.7. The van der Waals surface area contributed by atoms with Crippen LogP contribution in [0.1, 0.15) is 110 Å². The lowest BCUT2D eigenvalue weighted by molar-refractivity contribution is -0.130. The van der Waals surface area contributed by atoms with E-state index in [1.54, 1.807) is 11.9 Å². The maximum Gasteiger partial charge on any atom is 0.264 e. The molecule has 6 heteroatoms. The molecule has 1 N–H and O–H groups in total. The van der Waals surface area contributed by atoms with Gasteiger partial charge in [-0.2, -0.15) is 8.42 Å². The van der Waals surface area contributed by atoms with Gasteiger partial charge in [0.05, 0.1) is 5.75 Å². The maximum atomic E-state index is 12.0. The Bertz CT molecular complexity index is 517. The van der Waals surface area contributed by atoms with Crippen LogP contribution in [0.5, 0.6) is 0 Å². The van der Waals surface area contributed by atoms with E-state index in [4.69, 9.17) is 4.55 Å². The van der Waals surface area contributed by atoms with E-state index in [1.807, 2.05) is 0 Å². The Morgan fingerprint density at radius 2 is 1.31 bits per heavy atom. The summed E-state index contributed by atoms with van der Waals surface area (Å²) in [6.45, 7) is 2.79. The molecule has 0 saturated carbocycles. The van der Waals surface area contributed by atoms with Gasteiger partial charge in [-0.25, -0.2) is 0 Å². The van der Waals surface area contributed by atoms with Crippen molar-refractivity contribution >= 4 is 16.0 Å². The first-order valence-corrected chi connectivity index (χ1v) is 13.3. The first-order chi connectivity index (χ1) is 13.9. The summed E-state index contributed by atoms with van der Waals surface area (Å²) in [5, 5.41) is 0. The topological polar surface area (TPSA) is 74.7 Å². The van der Waals surface area contributed by atoms with Gasteiger partial charge in [-0.15, -0.1) is 0 Å². The fraction of sp³-hybridized carbons (Fsp3) is 0.870. The normalized spacial score (nSPS) is 12.0. The minimum absolute atomic E-state index is 0.120. The van der Waals surface area contributed by atoms with Crippen molar-refractivity contribution in [2.75, 3.05) is 19.3 Å². The molecule has 0 aromatic rings. The van der Waals surface area contributed by atoms with Gasteiger partial charge >= 0.3 is 0 Å². The highest BCUT2D eigenvalue weighted by atomic mass is 32.2. The quantitative estimate of drug-likeness (QED) is 0.142. The lowest BCUT2D eigenvalue weighted by atomic mass is 10.1. The van der Waals surface area contributed by atoms with Gasteiger partial charge in [0.2, 0.25) is 5.91 Å². The average Bonchev–Trinajstić information content (AvgIpc) is 2.67. The molecule has 0 bridgehead atoms. The van der Waals surface area contributed by atoms with E-state index >= 15 is 0 Å². The highest BCUT2D eigenvalue weighted by molar-refractivity contribution is 7.85. The number of amides is 1. The summed E-state index contributed by atoms with van der Waals surface area (Å²) in [4.78, 5) is 13.7. The Hall–Kier alpha value is -0.880. The molecule has 0 aromatic heterocycles. The Kier molecular flexibility index (Phi) is 18.5. The lowest BCUT2D eigenvalue weighted by Gasteiger charge is -2.16. The number of hydrogen-bond donors (Lipinski definition) is 1. The molecular weight excluding hydrogens is 386 g/mol. The molecule has 0 saturated heterocycles. The number of allylic oxidation sites excluding steroid dienone is 2. The van der Waals surface area contributed by atoms with Crippen molar-refractivity contribution in [1.82, 2.24) is 4.90 Å². The molecule has 0 fully saturated rings. The van der Waals surface area contributed by atoms with Crippen molar-refractivity contribution < 1.29 is 17.8 Å². The van der Waals surface area contributed by atoms with Crippen LogP contribution in [-0.4, -0.2) is 43.1 Å². The van der Waals surface area contributed by atoms with Gasteiger partial charge in [0.1, 0.15) is 0 Å². The maximum absolute atomic E-state index is 12.0. The van der Waals surface area contributed by atoms with Crippen LogP contribution in [0.3, 0.4) is 0 Å². The van der Waals surface area contributed by atoms with E-state index in [-0.39, 0.29) is 11.7 Å². The number of rotatable bonds is 20. The molecule has 0 atom stereocenters. The minimum Gasteiger partial charge on any atom is -0.346 e. The summed E-state index contributed by atoms with van der Waals surface area (Å²) < 4.78 is 30.0. The molecule has 0 aliphatic heterocycles. The van der Waals surface area contributed by atoms with Crippen molar-refractivity contribution in [2.24, 2.45) is 0 Å². The van der Waals surface area contributed by atoms with E-state index in [1.165, 1.54) is 70.6 Å². The summed E-state index contributed by atoms with van der Waals surface area (Å²) in [5.74, 6) is -0.113. The number of carbonyl (C=O) groups is 1. The lowest BCUT2D eigenvalue weighted by Crippen LogP contribution is -2.27. The fourth-order valence-corrected chi connectivity index (χ4v) is 3.86. The van der Waals surface area contributed by atoms with Gasteiger partial charge in [0, 0.05) is 20.0 Å². The summed E-state index contributed by atoms with van der Waals surface area (Å²) in [7, 11) is -2.13. The van der Waals surface area contributed by atoms with Crippen LogP contribution in [0.15, 0.2) is 12.2 Å². The highest BCUT2D eigenvalue weighted by Gasteiger charge is 2.09. The predicted octanol–water partition coefficient (Wildman–Crippen LogP) is 6.15. The van der Waals surface area contributed by atoms with E-state index in [2.05, 4.69) is 19.1 Å². The second-order valence-corrected chi connectivity index (χ2v) is 9.71.